The molecular weight excluding hydrogens is 490 g/mol. The highest BCUT2D eigenvalue weighted by Crippen LogP contribution is 2.32. The molecule has 2 aromatic rings. The quantitative estimate of drug-likeness (QED) is 0.445. The number of hydrogen-bond acceptors (Lipinski definition) is 7. The Labute approximate surface area is 220 Å². The molecule has 2 bridgehead atoms. The molecule has 202 valence electrons. The van der Waals surface area contributed by atoms with Crippen molar-refractivity contribution in [3.63, 3.8) is 0 Å². The Morgan fingerprint density at radius 2 is 2.05 bits per heavy atom. The number of aryl methyl sites for hydroxylation is 1. The molecule has 2 N–H and O–H groups in total. The summed E-state index contributed by atoms with van der Waals surface area (Å²) in [5, 5.41) is 5.74. The Morgan fingerprint density at radius 1 is 1.26 bits per heavy atom. The van der Waals surface area contributed by atoms with Crippen LogP contribution in [-0.2, 0) is 26.1 Å². The van der Waals surface area contributed by atoms with Crippen molar-refractivity contribution in [2.75, 3.05) is 26.3 Å². The first-order valence-corrected chi connectivity index (χ1v) is 12.8. The van der Waals surface area contributed by atoms with Crippen molar-refractivity contribution in [2.45, 2.75) is 63.3 Å². The molecule has 11 heteroatoms. The SMILES string of the molecule is Cn1c(=O)n(C2CCC(=O)NC2=O)c2cccc(C#CCC34CNCC(COC3)N4C(=O)OC(C)(C)C)c21. The molecule has 38 heavy (non-hydrogen) atoms. The summed E-state index contributed by atoms with van der Waals surface area (Å²) in [5.74, 6) is 5.63. The van der Waals surface area contributed by atoms with Crippen LogP contribution in [0.4, 0.5) is 4.79 Å². The number of aromatic nitrogens is 2. The highest BCUT2D eigenvalue weighted by Gasteiger charge is 2.50. The predicted molar refractivity (Wildman–Crippen MR) is 138 cm³/mol. The molecule has 1 aromatic carbocycles. The van der Waals surface area contributed by atoms with Crippen LogP contribution < -0.4 is 16.3 Å². The van der Waals surface area contributed by atoms with Crippen LogP contribution in [0, 0.1) is 11.8 Å². The van der Waals surface area contributed by atoms with Crippen molar-refractivity contribution in [1.82, 2.24) is 24.7 Å². The third-order valence-corrected chi connectivity index (χ3v) is 7.25. The molecule has 0 radical (unpaired) electrons. The topological polar surface area (TPSA) is 124 Å². The molecule has 0 aliphatic carbocycles. The molecule has 11 nitrogen and oxygen atoms in total. The Kier molecular flexibility index (Phi) is 6.57. The molecule has 3 aliphatic heterocycles. The number of imidazole rings is 1. The number of ether oxygens (including phenoxy) is 2. The van der Waals surface area contributed by atoms with E-state index in [9.17, 15) is 19.2 Å². The second-order valence-electron chi connectivity index (χ2n) is 11.2. The molecule has 3 atom stereocenters. The van der Waals surface area contributed by atoms with E-state index in [1.807, 2.05) is 26.8 Å². The third kappa shape index (κ3) is 4.59. The molecule has 3 amide bonds. The summed E-state index contributed by atoms with van der Waals surface area (Å²) in [6.07, 6.45) is 0.399. The van der Waals surface area contributed by atoms with Gasteiger partial charge in [-0.25, -0.2) is 9.59 Å². The van der Waals surface area contributed by atoms with Gasteiger partial charge in [-0.3, -0.25) is 28.9 Å². The lowest BCUT2D eigenvalue weighted by Gasteiger charge is -2.53. The van der Waals surface area contributed by atoms with E-state index in [-0.39, 0.29) is 36.6 Å². The zero-order valence-electron chi connectivity index (χ0n) is 22.1. The maximum Gasteiger partial charge on any atom is 0.411 e. The van der Waals surface area contributed by atoms with Gasteiger partial charge in [0.05, 0.1) is 41.4 Å². The van der Waals surface area contributed by atoms with Crippen LogP contribution in [0.15, 0.2) is 23.0 Å². The molecule has 0 saturated carbocycles. The van der Waals surface area contributed by atoms with Crippen LogP contribution in [0.2, 0.25) is 0 Å². The van der Waals surface area contributed by atoms with E-state index in [0.29, 0.717) is 49.3 Å². The van der Waals surface area contributed by atoms with Crippen LogP contribution in [0.1, 0.15) is 51.6 Å². The van der Waals surface area contributed by atoms with E-state index in [1.54, 1.807) is 24.1 Å². The number of carbonyl (C=O) groups excluding carboxylic acids is 3. The van der Waals surface area contributed by atoms with Crippen molar-refractivity contribution < 1.29 is 23.9 Å². The number of piperazine rings is 1. The lowest BCUT2D eigenvalue weighted by molar-refractivity contribution is -0.135. The van der Waals surface area contributed by atoms with Crippen molar-refractivity contribution >= 4 is 28.9 Å². The van der Waals surface area contributed by atoms with E-state index in [1.165, 1.54) is 9.13 Å². The molecule has 3 aliphatic rings. The van der Waals surface area contributed by atoms with Gasteiger partial charge in [0.2, 0.25) is 11.8 Å². The van der Waals surface area contributed by atoms with Crippen LogP contribution in [-0.4, -0.2) is 75.4 Å². The fourth-order valence-electron chi connectivity index (χ4n) is 5.60. The van der Waals surface area contributed by atoms with Crippen LogP contribution in [0.25, 0.3) is 11.0 Å². The summed E-state index contributed by atoms with van der Waals surface area (Å²) in [7, 11) is 1.64. The summed E-state index contributed by atoms with van der Waals surface area (Å²) >= 11 is 0. The lowest BCUT2D eigenvalue weighted by atomic mass is 9.88. The Morgan fingerprint density at radius 3 is 2.79 bits per heavy atom. The maximum atomic E-state index is 13.2. The number of carbonyl (C=O) groups is 3. The van der Waals surface area contributed by atoms with Crippen LogP contribution in [0.3, 0.4) is 0 Å². The highest BCUT2D eigenvalue weighted by atomic mass is 16.6. The number of hydrogen-bond donors (Lipinski definition) is 2. The molecule has 0 spiro atoms. The van der Waals surface area contributed by atoms with Crippen LogP contribution in [0.5, 0.6) is 0 Å². The fourth-order valence-corrected chi connectivity index (χ4v) is 5.60. The molecule has 3 saturated heterocycles. The van der Waals surface area contributed by atoms with E-state index in [2.05, 4.69) is 22.5 Å². The number of piperidine rings is 1. The van der Waals surface area contributed by atoms with E-state index >= 15 is 0 Å². The minimum absolute atomic E-state index is 0.152. The first-order chi connectivity index (χ1) is 18.0. The molecule has 1 aromatic heterocycles. The molecule has 4 heterocycles. The molecular formula is C27H33N5O6. The fraction of sp³-hybridized carbons (Fsp3) is 0.556. The number of nitrogens with one attached hydrogen (secondary N) is 2. The number of rotatable bonds is 2. The van der Waals surface area contributed by atoms with Crippen LogP contribution >= 0.6 is 0 Å². The van der Waals surface area contributed by atoms with Gasteiger partial charge in [-0.05, 0) is 39.3 Å². The van der Waals surface area contributed by atoms with Gasteiger partial charge in [-0.1, -0.05) is 17.9 Å². The molecule has 5 rings (SSSR count). The van der Waals surface area contributed by atoms with E-state index in [4.69, 9.17) is 9.47 Å². The number of para-hydroxylation sites is 1. The van der Waals surface area contributed by atoms with Crippen molar-refractivity contribution in [1.29, 1.82) is 0 Å². The average molecular weight is 524 g/mol. The van der Waals surface area contributed by atoms with Gasteiger partial charge in [-0.15, -0.1) is 0 Å². The number of fused-ring (bicyclic) bond motifs is 3. The minimum atomic E-state index is -0.766. The first kappa shape index (κ1) is 26.0. The monoisotopic (exact) mass is 523 g/mol. The van der Waals surface area contributed by atoms with Gasteiger partial charge in [0.25, 0.3) is 0 Å². The van der Waals surface area contributed by atoms with E-state index in [0.717, 1.165) is 0 Å². The van der Waals surface area contributed by atoms with Crippen molar-refractivity contribution in [2.24, 2.45) is 7.05 Å². The Bertz CT molecular complexity index is 1410. The largest absolute Gasteiger partial charge is 0.444 e. The first-order valence-electron chi connectivity index (χ1n) is 12.8. The summed E-state index contributed by atoms with van der Waals surface area (Å²) in [6.45, 7) is 7.43. The third-order valence-electron chi connectivity index (χ3n) is 7.25. The zero-order chi connectivity index (χ0) is 27.2. The summed E-state index contributed by atoms with van der Waals surface area (Å²) in [6, 6.07) is 4.48. The Hall–Kier alpha value is -3.62. The molecule has 3 unspecified atom stereocenters. The zero-order valence-corrected chi connectivity index (χ0v) is 22.1. The van der Waals surface area contributed by atoms with Gasteiger partial charge < -0.3 is 14.8 Å². The highest BCUT2D eigenvalue weighted by molar-refractivity contribution is 6.00. The molecule has 3 fully saturated rings. The van der Waals surface area contributed by atoms with E-state index < -0.39 is 23.1 Å². The number of amides is 3. The summed E-state index contributed by atoms with van der Waals surface area (Å²) < 4.78 is 14.5. The lowest BCUT2D eigenvalue weighted by Crippen LogP contribution is -2.73. The standard InChI is InChI=1S/C27H33N5O6/c1-26(2,3)38-25(36)32-18-13-28-15-27(32,16-37-14-18)12-6-8-17-7-5-9-19-22(17)30(4)24(35)31(19)20-10-11-21(33)29-23(20)34/h5,7,9,18,20,28H,10-16H2,1-4H3,(H,29,33,34). The van der Waals surface area contributed by atoms with Gasteiger partial charge >= 0.3 is 11.8 Å². The van der Waals surface area contributed by atoms with Gasteiger partial charge in [0, 0.05) is 33.0 Å². The van der Waals surface area contributed by atoms with Gasteiger partial charge in [0.1, 0.15) is 11.6 Å². The maximum absolute atomic E-state index is 13.2. The Balaban J connectivity index is 1.48. The predicted octanol–water partition coefficient (Wildman–Crippen LogP) is 1.04. The normalized spacial score (nSPS) is 25.5. The van der Waals surface area contributed by atoms with Gasteiger partial charge in [-0.2, -0.15) is 0 Å². The second-order valence-corrected chi connectivity index (χ2v) is 11.2. The smallest absolute Gasteiger partial charge is 0.411 e. The van der Waals surface area contributed by atoms with Crippen molar-refractivity contribution in [3.05, 3.63) is 34.2 Å². The number of benzene rings is 1. The number of morpholine rings is 1. The average Bonchev–Trinajstić information content (AvgIpc) is 3.08. The number of nitrogens with zero attached hydrogens (tertiary/aromatic N) is 3. The number of imide groups is 1. The summed E-state index contributed by atoms with van der Waals surface area (Å²) in [4.78, 5) is 52.3. The second kappa shape index (κ2) is 9.60. The minimum Gasteiger partial charge on any atom is -0.444 e. The van der Waals surface area contributed by atoms with Crippen molar-refractivity contribution in [3.8, 4) is 11.8 Å². The van der Waals surface area contributed by atoms with Gasteiger partial charge in [0.15, 0.2) is 0 Å². The summed E-state index contributed by atoms with van der Waals surface area (Å²) in [5.41, 5.74) is 0.155.